The molecule has 3 rings (SSSR count). The van der Waals surface area contributed by atoms with Crippen molar-refractivity contribution in [2.24, 2.45) is 0 Å². The van der Waals surface area contributed by atoms with E-state index in [2.05, 4.69) is 43.2 Å². The average Bonchev–Trinajstić information content (AvgIpc) is 3.16. The molecule has 156 valence electrons. The van der Waals surface area contributed by atoms with Gasteiger partial charge in [-0.2, -0.15) is 0 Å². The Morgan fingerprint density at radius 2 is 1.73 bits per heavy atom. The lowest BCUT2D eigenvalue weighted by Gasteiger charge is -2.08. The third kappa shape index (κ3) is 5.54. The molecule has 1 aromatic heterocycles. The van der Waals surface area contributed by atoms with Crippen LogP contribution >= 0.6 is 11.3 Å². The average molecular weight is 423 g/mol. The molecule has 0 radical (unpaired) electrons. The number of Topliss-reactive ketones (excluding diaryl/α,β-unsaturated/α-hetero) is 1. The number of thiazole rings is 1. The van der Waals surface area contributed by atoms with Gasteiger partial charge in [0.1, 0.15) is 5.75 Å². The molecule has 0 fully saturated rings. The number of amides is 1. The van der Waals surface area contributed by atoms with Crippen molar-refractivity contribution in [3.05, 3.63) is 64.0 Å². The number of nitrogens with one attached hydrogen (secondary N) is 1. The Hall–Kier alpha value is -2.99. The van der Waals surface area contributed by atoms with Crippen molar-refractivity contribution in [2.45, 2.75) is 40.5 Å². The fraction of sp³-hybridized carbons (Fsp3) is 0.292. The molecule has 5 nitrogen and oxygen atoms in total. The van der Waals surface area contributed by atoms with Gasteiger partial charge in [0, 0.05) is 22.9 Å². The lowest BCUT2D eigenvalue weighted by atomic mass is 9.99. The van der Waals surface area contributed by atoms with Crippen LogP contribution in [0, 0.1) is 20.8 Å². The molecule has 2 aromatic carbocycles. The Morgan fingerprint density at radius 3 is 2.43 bits per heavy atom. The van der Waals surface area contributed by atoms with E-state index in [1.54, 1.807) is 24.3 Å². The first-order chi connectivity index (χ1) is 14.3. The molecule has 1 heterocycles. The van der Waals surface area contributed by atoms with Gasteiger partial charge in [0.05, 0.1) is 12.3 Å². The molecule has 0 unspecified atom stereocenters. The molecule has 0 spiro atoms. The number of aromatic nitrogens is 1. The summed E-state index contributed by atoms with van der Waals surface area (Å²) in [6, 6.07) is 11.3. The third-order valence-corrected chi connectivity index (χ3v) is 5.70. The Kier molecular flexibility index (Phi) is 7.00. The number of hydrogen-bond donors (Lipinski definition) is 1. The summed E-state index contributed by atoms with van der Waals surface area (Å²) < 4.78 is 5.63. The minimum absolute atomic E-state index is 0.0243. The van der Waals surface area contributed by atoms with Gasteiger partial charge in [0.25, 0.3) is 0 Å². The summed E-state index contributed by atoms with van der Waals surface area (Å²) in [6.07, 6.45) is 0.942. The van der Waals surface area contributed by atoms with Crippen LogP contribution in [0.2, 0.25) is 0 Å². The number of aryl methyl sites for hydroxylation is 3. The number of ketones is 1. The lowest BCUT2D eigenvalue weighted by Crippen LogP contribution is -2.12. The van der Waals surface area contributed by atoms with Gasteiger partial charge in [-0.25, -0.2) is 4.98 Å². The predicted octanol–water partition coefficient (Wildman–Crippen LogP) is 5.74. The summed E-state index contributed by atoms with van der Waals surface area (Å²) in [4.78, 5) is 28.1. The zero-order valence-corrected chi connectivity index (χ0v) is 18.6. The largest absolute Gasteiger partial charge is 0.494 e. The van der Waals surface area contributed by atoms with E-state index in [1.807, 2.05) is 5.38 Å². The molecule has 0 aliphatic heterocycles. The standard InChI is InChI=1S/C24H26N2O3S/c1-15-12-17(3)21(13-16(15)2)22-14-30-24(25-22)26-23(28)6-5-11-29-20-9-7-19(8-10-20)18(4)27/h7-10,12-14H,5-6,11H2,1-4H3,(H,25,26,28). The van der Waals surface area contributed by atoms with Crippen LogP contribution in [0.4, 0.5) is 5.13 Å². The molecule has 0 bridgehead atoms. The number of rotatable bonds is 8. The van der Waals surface area contributed by atoms with Crippen molar-refractivity contribution in [2.75, 3.05) is 11.9 Å². The van der Waals surface area contributed by atoms with Crippen LogP contribution in [0.5, 0.6) is 5.75 Å². The number of ether oxygens (including phenoxy) is 1. The molecule has 0 saturated carbocycles. The number of nitrogens with zero attached hydrogens (tertiary/aromatic N) is 1. The number of carbonyl (C=O) groups is 2. The molecule has 0 aliphatic rings. The van der Waals surface area contributed by atoms with Crippen molar-refractivity contribution >= 4 is 28.2 Å². The van der Waals surface area contributed by atoms with Crippen molar-refractivity contribution in [1.29, 1.82) is 0 Å². The zero-order chi connectivity index (χ0) is 21.7. The highest BCUT2D eigenvalue weighted by molar-refractivity contribution is 7.14. The van der Waals surface area contributed by atoms with E-state index in [4.69, 9.17) is 4.74 Å². The fourth-order valence-electron chi connectivity index (χ4n) is 3.08. The van der Waals surface area contributed by atoms with Crippen molar-refractivity contribution in [3.8, 4) is 17.0 Å². The van der Waals surface area contributed by atoms with Crippen LogP contribution in [0.3, 0.4) is 0 Å². The SMILES string of the molecule is CC(=O)c1ccc(OCCCC(=O)Nc2nc(-c3cc(C)c(C)cc3C)cs2)cc1. The van der Waals surface area contributed by atoms with Gasteiger partial charge in [-0.15, -0.1) is 11.3 Å². The monoisotopic (exact) mass is 422 g/mol. The molecular weight excluding hydrogens is 396 g/mol. The predicted molar refractivity (Wildman–Crippen MR) is 122 cm³/mol. The molecule has 0 saturated heterocycles. The fourth-order valence-corrected chi connectivity index (χ4v) is 3.81. The summed E-state index contributed by atoms with van der Waals surface area (Å²) in [6.45, 7) is 8.23. The minimum atomic E-state index is -0.0803. The first-order valence-electron chi connectivity index (χ1n) is 9.91. The molecule has 6 heteroatoms. The van der Waals surface area contributed by atoms with E-state index >= 15 is 0 Å². The van der Waals surface area contributed by atoms with E-state index in [-0.39, 0.29) is 11.7 Å². The number of anilines is 1. The van der Waals surface area contributed by atoms with Gasteiger partial charge in [-0.05, 0) is 81.1 Å². The molecular formula is C24H26N2O3S. The van der Waals surface area contributed by atoms with E-state index in [0.29, 0.717) is 35.9 Å². The van der Waals surface area contributed by atoms with Gasteiger partial charge >= 0.3 is 0 Å². The summed E-state index contributed by atoms with van der Waals surface area (Å²) >= 11 is 1.43. The Bertz CT molecular complexity index is 1050. The third-order valence-electron chi connectivity index (χ3n) is 4.94. The maximum absolute atomic E-state index is 12.2. The maximum Gasteiger partial charge on any atom is 0.226 e. The molecule has 0 aliphatic carbocycles. The molecule has 30 heavy (non-hydrogen) atoms. The molecule has 3 aromatic rings. The number of carbonyl (C=O) groups excluding carboxylic acids is 2. The van der Waals surface area contributed by atoms with Crippen LogP contribution in [0.25, 0.3) is 11.3 Å². The Labute approximate surface area is 181 Å². The summed E-state index contributed by atoms with van der Waals surface area (Å²) in [7, 11) is 0. The topological polar surface area (TPSA) is 68.3 Å². The normalized spacial score (nSPS) is 10.7. The Balaban J connectivity index is 1.48. The second kappa shape index (κ2) is 9.67. The molecule has 0 atom stereocenters. The number of hydrogen-bond acceptors (Lipinski definition) is 5. The minimum Gasteiger partial charge on any atom is -0.494 e. The quantitative estimate of drug-likeness (QED) is 0.371. The summed E-state index contributed by atoms with van der Waals surface area (Å²) in [5.41, 5.74) is 6.30. The van der Waals surface area contributed by atoms with Gasteiger partial charge in [0.2, 0.25) is 5.91 Å². The van der Waals surface area contributed by atoms with Gasteiger partial charge in [0.15, 0.2) is 10.9 Å². The van der Waals surface area contributed by atoms with Crippen molar-refractivity contribution in [1.82, 2.24) is 4.98 Å². The van der Waals surface area contributed by atoms with Crippen LogP contribution < -0.4 is 10.1 Å². The second-order valence-electron chi connectivity index (χ2n) is 7.37. The van der Waals surface area contributed by atoms with Crippen LogP contribution in [-0.2, 0) is 4.79 Å². The Morgan fingerprint density at radius 1 is 1.03 bits per heavy atom. The van der Waals surface area contributed by atoms with Crippen LogP contribution in [-0.4, -0.2) is 23.3 Å². The number of benzene rings is 2. The first kappa shape index (κ1) is 21.7. The first-order valence-corrected chi connectivity index (χ1v) is 10.8. The van der Waals surface area contributed by atoms with E-state index in [0.717, 1.165) is 11.3 Å². The summed E-state index contributed by atoms with van der Waals surface area (Å²) in [5, 5.41) is 5.45. The molecule has 1 N–H and O–H groups in total. The van der Waals surface area contributed by atoms with E-state index in [1.165, 1.54) is 35.0 Å². The maximum atomic E-state index is 12.2. The van der Waals surface area contributed by atoms with Gasteiger partial charge in [-0.3, -0.25) is 9.59 Å². The van der Waals surface area contributed by atoms with E-state index < -0.39 is 0 Å². The van der Waals surface area contributed by atoms with Gasteiger partial charge in [-0.1, -0.05) is 6.07 Å². The highest BCUT2D eigenvalue weighted by Crippen LogP contribution is 2.29. The molecule has 1 amide bonds. The lowest BCUT2D eigenvalue weighted by molar-refractivity contribution is -0.116. The van der Waals surface area contributed by atoms with Gasteiger partial charge < -0.3 is 10.1 Å². The van der Waals surface area contributed by atoms with E-state index in [9.17, 15) is 9.59 Å². The van der Waals surface area contributed by atoms with Crippen molar-refractivity contribution < 1.29 is 14.3 Å². The zero-order valence-electron chi connectivity index (χ0n) is 17.7. The second-order valence-corrected chi connectivity index (χ2v) is 8.23. The highest BCUT2D eigenvalue weighted by Gasteiger charge is 2.11. The summed E-state index contributed by atoms with van der Waals surface area (Å²) in [5.74, 6) is 0.633. The smallest absolute Gasteiger partial charge is 0.226 e. The van der Waals surface area contributed by atoms with Crippen molar-refractivity contribution in [3.63, 3.8) is 0 Å². The van der Waals surface area contributed by atoms with Crippen LogP contribution in [0.15, 0.2) is 41.8 Å². The highest BCUT2D eigenvalue weighted by atomic mass is 32.1. The van der Waals surface area contributed by atoms with Crippen LogP contribution in [0.1, 0.15) is 46.8 Å².